The minimum atomic E-state index is 0. The van der Waals surface area contributed by atoms with Gasteiger partial charge in [-0.05, 0) is 40.8 Å². The summed E-state index contributed by atoms with van der Waals surface area (Å²) in [6.07, 6.45) is 5.16. The Bertz CT molecular complexity index is 413. The van der Waals surface area contributed by atoms with Crippen LogP contribution in [-0.4, -0.2) is 11.9 Å². The second-order valence-electron chi connectivity index (χ2n) is 4.92. The van der Waals surface area contributed by atoms with Gasteiger partial charge in [0.1, 0.15) is 0 Å². The molecule has 3 N–H and O–H groups in total. The van der Waals surface area contributed by atoms with Gasteiger partial charge in [0, 0.05) is 27.2 Å². The first-order valence-electron chi connectivity index (χ1n) is 6.40. The summed E-state index contributed by atoms with van der Waals surface area (Å²) in [6, 6.07) is 2.25. The standard InChI is InChI=1S/C13H19BrN2OS.ClH/c14-10-6-11(18-8-10)7-16-13(17)5-9-3-1-2-4-12(9)15;/h6,8-9,12H,1-5,7,15H2,(H,16,17);1H. The van der Waals surface area contributed by atoms with Crippen LogP contribution in [0, 0.1) is 5.92 Å². The molecule has 1 aliphatic rings. The van der Waals surface area contributed by atoms with E-state index in [1.165, 1.54) is 17.7 Å². The molecule has 3 nitrogen and oxygen atoms in total. The van der Waals surface area contributed by atoms with Crippen LogP contribution in [0.5, 0.6) is 0 Å². The number of carbonyl (C=O) groups is 1. The molecule has 108 valence electrons. The summed E-state index contributed by atoms with van der Waals surface area (Å²) in [6.45, 7) is 0.622. The molecule has 1 aromatic heterocycles. The molecule has 0 bridgehead atoms. The van der Waals surface area contributed by atoms with Crippen molar-refractivity contribution >= 4 is 45.6 Å². The Morgan fingerprint density at radius 1 is 1.47 bits per heavy atom. The van der Waals surface area contributed by atoms with Crippen molar-refractivity contribution in [1.29, 1.82) is 0 Å². The lowest BCUT2D eigenvalue weighted by Crippen LogP contribution is -2.36. The van der Waals surface area contributed by atoms with Gasteiger partial charge in [-0.1, -0.05) is 12.8 Å². The Balaban J connectivity index is 0.00000180. The zero-order valence-electron chi connectivity index (χ0n) is 10.7. The number of nitrogens with two attached hydrogens (primary N) is 1. The van der Waals surface area contributed by atoms with Crippen molar-refractivity contribution in [3.8, 4) is 0 Å². The first-order valence-corrected chi connectivity index (χ1v) is 8.07. The van der Waals surface area contributed by atoms with Crippen LogP contribution >= 0.6 is 39.7 Å². The second kappa shape index (κ2) is 8.25. The van der Waals surface area contributed by atoms with Gasteiger partial charge in [-0.15, -0.1) is 23.7 Å². The average Bonchev–Trinajstić information content (AvgIpc) is 2.76. The number of thiophene rings is 1. The Hall–Kier alpha value is -0.100. The van der Waals surface area contributed by atoms with E-state index in [1.54, 1.807) is 11.3 Å². The van der Waals surface area contributed by atoms with Gasteiger partial charge >= 0.3 is 0 Å². The molecular weight excluding hydrogens is 348 g/mol. The normalized spacial score (nSPS) is 22.6. The third kappa shape index (κ3) is 5.42. The van der Waals surface area contributed by atoms with Crippen molar-refractivity contribution in [2.24, 2.45) is 11.7 Å². The van der Waals surface area contributed by atoms with Crippen molar-refractivity contribution in [3.05, 3.63) is 20.8 Å². The van der Waals surface area contributed by atoms with E-state index in [1.807, 2.05) is 11.4 Å². The zero-order valence-corrected chi connectivity index (χ0v) is 14.0. The summed E-state index contributed by atoms with van der Waals surface area (Å²) in [4.78, 5) is 13.0. The molecule has 1 amide bonds. The highest BCUT2D eigenvalue weighted by Gasteiger charge is 2.23. The van der Waals surface area contributed by atoms with E-state index in [2.05, 4.69) is 21.2 Å². The van der Waals surface area contributed by atoms with E-state index < -0.39 is 0 Å². The molecule has 6 heteroatoms. The van der Waals surface area contributed by atoms with Crippen LogP contribution in [0.15, 0.2) is 15.9 Å². The fraction of sp³-hybridized carbons (Fsp3) is 0.615. The van der Waals surface area contributed by atoms with Crippen molar-refractivity contribution in [2.45, 2.75) is 44.7 Å². The predicted octanol–water partition coefficient (Wildman–Crippen LogP) is 3.46. The highest BCUT2D eigenvalue weighted by molar-refractivity contribution is 9.10. The van der Waals surface area contributed by atoms with Gasteiger partial charge in [-0.25, -0.2) is 0 Å². The molecule has 1 saturated carbocycles. The maximum Gasteiger partial charge on any atom is 0.220 e. The van der Waals surface area contributed by atoms with Crippen molar-refractivity contribution < 1.29 is 4.79 Å². The Kier molecular flexibility index (Phi) is 7.36. The van der Waals surface area contributed by atoms with E-state index in [-0.39, 0.29) is 24.4 Å². The quantitative estimate of drug-likeness (QED) is 0.856. The summed E-state index contributed by atoms with van der Waals surface area (Å²) >= 11 is 5.06. The lowest BCUT2D eigenvalue weighted by molar-refractivity contribution is -0.122. The largest absolute Gasteiger partial charge is 0.351 e. The van der Waals surface area contributed by atoms with Crippen molar-refractivity contribution in [1.82, 2.24) is 5.32 Å². The maximum absolute atomic E-state index is 11.9. The van der Waals surface area contributed by atoms with Crippen molar-refractivity contribution in [3.63, 3.8) is 0 Å². The van der Waals surface area contributed by atoms with E-state index >= 15 is 0 Å². The molecule has 0 saturated heterocycles. The lowest BCUT2D eigenvalue weighted by atomic mass is 9.83. The number of rotatable bonds is 4. The number of carbonyl (C=O) groups excluding carboxylic acids is 1. The molecule has 0 aromatic carbocycles. The molecule has 19 heavy (non-hydrogen) atoms. The number of nitrogens with one attached hydrogen (secondary N) is 1. The van der Waals surface area contributed by atoms with Gasteiger partial charge in [0.05, 0.1) is 6.54 Å². The summed E-state index contributed by atoms with van der Waals surface area (Å²) < 4.78 is 1.08. The van der Waals surface area contributed by atoms with E-state index in [0.717, 1.165) is 17.3 Å². The van der Waals surface area contributed by atoms with Crippen LogP contribution in [0.3, 0.4) is 0 Å². The van der Waals surface area contributed by atoms with Crippen LogP contribution in [-0.2, 0) is 11.3 Å². The fourth-order valence-corrected chi connectivity index (χ4v) is 3.82. The average molecular weight is 368 g/mol. The van der Waals surface area contributed by atoms with Crippen LogP contribution in [0.1, 0.15) is 37.0 Å². The molecule has 2 rings (SSSR count). The topological polar surface area (TPSA) is 55.1 Å². The summed E-state index contributed by atoms with van der Waals surface area (Å²) in [5.41, 5.74) is 6.05. The van der Waals surface area contributed by atoms with Crippen molar-refractivity contribution in [2.75, 3.05) is 0 Å². The van der Waals surface area contributed by atoms with E-state index in [4.69, 9.17) is 5.73 Å². The van der Waals surface area contributed by atoms with E-state index in [0.29, 0.717) is 18.9 Å². The third-order valence-electron chi connectivity index (χ3n) is 3.50. The molecular formula is C13H20BrClN2OS. The van der Waals surface area contributed by atoms with Crippen LogP contribution in [0.25, 0.3) is 0 Å². The molecule has 1 fully saturated rings. The van der Waals surface area contributed by atoms with E-state index in [9.17, 15) is 4.79 Å². The molecule has 1 aromatic rings. The SMILES string of the molecule is Cl.NC1CCCCC1CC(=O)NCc1cc(Br)cs1. The van der Waals surface area contributed by atoms with Crippen LogP contribution < -0.4 is 11.1 Å². The van der Waals surface area contributed by atoms with Gasteiger partial charge < -0.3 is 11.1 Å². The maximum atomic E-state index is 11.9. The number of hydrogen-bond donors (Lipinski definition) is 2. The number of halogens is 2. The molecule has 1 heterocycles. The Morgan fingerprint density at radius 2 is 2.21 bits per heavy atom. The first kappa shape index (κ1) is 17.0. The summed E-state index contributed by atoms with van der Waals surface area (Å²) in [5.74, 6) is 0.496. The number of amides is 1. The first-order chi connectivity index (χ1) is 8.65. The summed E-state index contributed by atoms with van der Waals surface area (Å²) in [7, 11) is 0. The molecule has 0 radical (unpaired) electrons. The zero-order chi connectivity index (χ0) is 13.0. The monoisotopic (exact) mass is 366 g/mol. The van der Waals surface area contributed by atoms with Gasteiger partial charge in [0.15, 0.2) is 0 Å². The van der Waals surface area contributed by atoms with Crippen LogP contribution in [0.2, 0.25) is 0 Å². The lowest BCUT2D eigenvalue weighted by Gasteiger charge is -2.27. The van der Waals surface area contributed by atoms with Gasteiger partial charge in [-0.3, -0.25) is 4.79 Å². The predicted molar refractivity (Wildman–Crippen MR) is 85.7 cm³/mol. The van der Waals surface area contributed by atoms with Crippen LogP contribution in [0.4, 0.5) is 0 Å². The molecule has 0 spiro atoms. The fourth-order valence-electron chi connectivity index (χ4n) is 2.43. The molecule has 0 aliphatic heterocycles. The smallest absolute Gasteiger partial charge is 0.220 e. The number of hydrogen-bond acceptors (Lipinski definition) is 3. The third-order valence-corrected chi connectivity index (χ3v) is 5.19. The minimum Gasteiger partial charge on any atom is -0.351 e. The second-order valence-corrected chi connectivity index (χ2v) is 6.83. The highest BCUT2D eigenvalue weighted by atomic mass is 79.9. The minimum absolute atomic E-state index is 0. The molecule has 1 aliphatic carbocycles. The van der Waals surface area contributed by atoms with Gasteiger partial charge in [-0.2, -0.15) is 0 Å². The van der Waals surface area contributed by atoms with Gasteiger partial charge in [0.25, 0.3) is 0 Å². The highest BCUT2D eigenvalue weighted by Crippen LogP contribution is 2.25. The Labute approximate surface area is 132 Å². The molecule has 2 atom stereocenters. The molecule has 2 unspecified atom stereocenters. The summed E-state index contributed by atoms with van der Waals surface area (Å²) in [5, 5.41) is 5.00. The van der Waals surface area contributed by atoms with Gasteiger partial charge in [0.2, 0.25) is 5.91 Å². The Morgan fingerprint density at radius 3 is 2.84 bits per heavy atom.